The molecule has 0 unspecified atom stereocenters. The quantitative estimate of drug-likeness (QED) is 0.610. The summed E-state index contributed by atoms with van der Waals surface area (Å²) < 4.78 is 10.7. The van der Waals surface area contributed by atoms with E-state index < -0.39 is 0 Å². The van der Waals surface area contributed by atoms with E-state index in [-0.39, 0.29) is 0 Å². The van der Waals surface area contributed by atoms with E-state index in [1.807, 2.05) is 0 Å². The predicted molar refractivity (Wildman–Crippen MR) is 76.0 cm³/mol. The number of methoxy groups -OCH3 is 1. The minimum Gasteiger partial charge on any atom is -0.385 e. The van der Waals surface area contributed by atoms with E-state index in [9.17, 15) is 0 Å². The molecule has 3 heteroatoms. The van der Waals surface area contributed by atoms with Crippen molar-refractivity contribution >= 4 is 0 Å². The van der Waals surface area contributed by atoms with Crippen molar-refractivity contribution in [2.45, 2.75) is 58.4 Å². The zero-order chi connectivity index (χ0) is 13.3. The molecule has 1 rings (SSSR count). The molecule has 0 saturated heterocycles. The summed E-state index contributed by atoms with van der Waals surface area (Å²) in [5.74, 6) is 0. The Labute approximate surface area is 113 Å². The van der Waals surface area contributed by atoms with E-state index in [1.165, 1.54) is 32.1 Å². The second kappa shape index (κ2) is 8.89. The fraction of sp³-hybridized carbons (Fsp3) is 1.00. The first-order chi connectivity index (χ1) is 8.72. The fourth-order valence-electron chi connectivity index (χ4n) is 2.86. The first kappa shape index (κ1) is 15.9. The summed E-state index contributed by atoms with van der Waals surface area (Å²) in [7, 11) is 1.77. The molecule has 0 amide bonds. The second-order valence-electron chi connectivity index (χ2n) is 5.72. The lowest BCUT2D eigenvalue weighted by atomic mass is 9.82. The van der Waals surface area contributed by atoms with E-state index >= 15 is 0 Å². The smallest absolute Gasteiger partial charge is 0.0476 e. The second-order valence-corrected chi connectivity index (χ2v) is 5.72. The van der Waals surface area contributed by atoms with Gasteiger partial charge >= 0.3 is 0 Å². The third-order valence-corrected chi connectivity index (χ3v) is 4.23. The van der Waals surface area contributed by atoms with Crippen molar-refractivity contribution < 1.29 is 9.47 Å². The van der Waals surface area contributed by atoms with Crippen molar-refractivity contribution in [2.75, 3.05) is 33.5 Å². The van der Waals surface area contributed by atoms with Crippen LogP contribution in [0.3, 0.4) is 0 Å². The minimum atomic E-state index is 0.497. The van der Waals surface area contributed by atoms with Crippen molar-refractivity contribution in [3.05, 3.63) is 0 Å². The molecule has 1 aliphatic carbocycles. The van der Waals surface area contributed by atoms with E-state index in [0.717, 1.165) is 32.8 Å². The molecule has 1 saturated carbocycles. The van der Waals surface area contributed by atoms with Gasteiger partial charge in [-0.05, 0) is 44.9 Å². The Kier molecular flexibility index (Phi) is 7.87. The van der Waals surface area contributed by atoms with Crippen molar-refractivity contribution in [2.24, 2.45) is 5.41 Å². The zero-order valence-electron chi connectivity index (χ0n) is 12.5. The van der Waals surface area contributed by atoms with Crippen LogP contribution >= 0.6 is 0 Å². The first-order valence-electron chi connectivity index (χ1n) is 7.52. The Morgan fingerprint density at radius 3 is 2.56 bits per heavy atom. The fourth-order valence-corrected chi connectivity index (χ4v) is 2.86. The zero-order valence-corrected chi connectivity index (χ0v) is 12.5. The molecule has 0 bridgehead atoms. The number of rotatable bonds is 10. The molecular weight excluding hydrogens is 226 g/mol. The maximum Gasteiger partial charge on any atom is 0.0476 e. The van der Waals surface area contributed by atoms with Gasteiger partial charge < -0.3 is 14.8 Å². The summed E-state index contributed by atoms with van der Waals surface area (Å²) in [4.78, 5) is 0. The molecule has 1 aliphatic rings. The monoisotopic (exact) mass is 257 g/mol. The van der Waals surface area contributed by atoms with Gasteiger partial charge in [-0.1, -0.05) is 12.8 Å². The lowest BCUT2D eigenvalue weighted by molar-refractivity contribution is 0.100. The van der Waals surface area contributed by atoms with Gasteiger partial charge in [0.25, 0.3) is 0 Å². The van der Waals surface area contributed by atoms with Crippen LogP contribution in [0.5, 0.6) is 0 Å². The Morgan fingerprint density at radius 1 is 1.22 bits per heavy atom. The van der Waals surface area contributed by atoms with E-state index in [1.54, 1.807) is 7.11 Å². The molecule has 0 aromatic rings. The topological polar surface area (TPSA) is 30.5 Å². The summed E-state index contributed by atoms with van der Waals surface area (Å²) in [6.07, 6.45) is 7.82. The average molecular weight is 257 g/mol. The van der Waals surface area contributed by atoms with Crippen LogP contribution in [-0.4, -0.2) is 39.5 Å². The van der Waals surface area contributed by atoms with Crippen LogP contribution in [0.1, 0.15) is 52.4 Å². The minimum absolute atomic E-state index is 0.497. The highest BCUT2D eigenvalue weighted by molar-refractivity contribution is 4.87. The summed E-state index contributed by atoms with van der Waals surface area (Å²) in [5.41, 5.74) is 0.497. The Bertz CT molecular complexity index is 203. The van der Waals surface area contributed by atoms with E-state index in [4.69, 9.17) is 9.47 Å². The highest BCUT2D eigenvalue weighted by atomic mass is 16.5. The van der Waals surface area contributed by atoms with Crippen LogP contribution in [-0.2, 0) is 9.47 Å². The van der Waals surface area contributed by atoms with Crippen molar-refractivity contribution in [1.29, 1.82) is 0 Å². The van der Waals surface area contributed by atoms with Gasteiger partial charge in [0.15, 0.2) is 0 Å². The Hall–Kier alpha value is -0.120. The SMILES string of the molecule is CCOCCC1(CN[C@@H](C)CCOC)CCCC1. The van der Waals surface area contributed by atoms with E-state index in [0.29, 0.717) is 11.5 Å². The third kappa shape index (κ3) is 5.68. The van der Waals surface area contributed by atoms with Crippen LogP contribution in [0.2, 0.25) is 0 Å². The maximum atomic E-state index is 5.54. The van der Waals surface area contributed by atoms with Crippen LogP contribution in [0, 0.1) is 5.41 Å². The molecular formula is C15H31NO2. The van der Waals surface area contributed by atoms with Gasteiger partial charge in [0, 0.05) is 39.5 Å². The van der Waals surface area contributed by atoms with Crippen LogP contribution in [0.25, 0.3) is 0 Å². The molecule has 3 nitrogen and oxygen atoms in total. The molecule has 0 aliphatic heterocycles. The van der Waals surface area contributed by atoms with Gasteiger partial charge in [-0.25, -0.2) is 0 Å². The molecule has 108 valence electrons. The lowest BCUT2D eigenvalue weighted by Gasteiger charge is -2.31. The lowest BCUT2D eigenvalue weighted by Crippen LogP contribution is -2.38. The number of hydrogen-bond donors (Lipinski definition) is 1. The first-order valence-corrected chi connectivity index (χ1v) is 7.52. The molecule has 18 heavy (non-hydrogen) atoms. The number of ether oxygens (including phenoxy) is 2. The Morgan fingerprint density at radius 2 is 1.94 bits per heavy atom. The summed E-state index contributed by atoms with van der Waals surface area (Å²) in [5, 5.41) is 3.69. The van der Waals surface area contributed by atoms with Gasteiger partial charge in [-0.15, -0.1) is 0 Å². The molecule has 1 fully saturated rings. The standard InChI is InChI=1S/C15H31NO2/c1-4-18-12-10-15(8-5-6-9-15)13-16-14(2)7-11-17-3/h14,16H,4-13H2,1-3H3/t14-/m0/s1. The van der Waals surface area contributed by atoms with Gasteiger partial charge in [0.2, 0.25) is 0 Å². The van der Waals surface area contributed by atoms with Gasteiger partial charge in [0.05, 0.1) is 0 Å². The maximum absolute atomic E-state index is 5.54. The van der Waals surface area contributed by atoms with Crippen molar-refractivity contribution in [3.8, 4) is 0 Å². The molecule has 0 heterocycles. The predicted octanol–water partition coefficient (Wildman–Crippen LogP) is 2.99. The average Bonchev–Trinajstić information content (AvgIpc) is 2.84. The van der Waals surface area contributed by atoms with Crippen LogP contribution in [0.4, 0.5) is 0 Å². The summed E-state index contributed by atoms with van der Waals surface area (Å²) in [6, 6.07) is 0.550. The third-order valence-electron chi connectivity index (χ3n) is 4.23. The normalized spacial score (nSPS) is 20.2. The highest BCUT2D eigenvalue weighted by Gasteiger charge is 2.33. The van der Waals surface area contributed by atoms with Gasteiger partial charge in [0.1, 0.15) is 0 Å². The summed E-state index contributed by atoms with van der Waals surface area (Å²) >= 11 is 0. The molecule has 1 atom stereocenters. The van der Waals surface area contributed by atoms with Crippen LogP contribution in [0.15, 0.2) is 0 Å². The Balaban J connectivity index is 2.28. The highest BCUT2D eigenvalue weighted by Crippen LogP contribution is 2.40. The number of nitrogens with one attached hydrogen (secondary N) is 1. The largest absolute Gasteiger partial charge is 0.385 e. The van der Waals surface area contributed by atoms with Gasteiger partial charge in [-0.3, -0.25) is 0 Å². The van der Waals surface area contributed by atoms with Crippen LogP contribution < -0.4 is 5.32 Å². The molecule has 0 aromatic heterocycles. The van der Waals surface area contributed by atoms with E-state index in [2.05, 4.69) is 19.2 Å². The molecule has 1 N–H and O–H groups in total. The molecule has 0 spiro atoms. The van der Waals surface area contributed by atoms with Crippen molar-refractivity contribution in [1.82, 2.24) is 5.32 Å². The summed E-state index contributed by atoms with van der Waals surface area (Å²) in [6.45, 7) is 8.08. The van der Waals surface area contributed by atoms with Gasteiger partial charge in [-0.2, -0.15) is 0 Å². The molecule has 0 radical (unpaired) electrons. The number of hydrogen-bond acceptors (Lipinski definition) is 3. The van der Waals surface area contributed by atoms with Crippen molar-refractivity contribution in [3.63, 3.8) is 0 Å². The molecule has 0 aromatic carbocycles.